The third-order valence-corrected chi connectivity index (χ3v) is 5.73. The fraction of sp³-hybridized carbons (Fsp3) is 0.571. The standard InChI is InChI=1S/C14H20ClNO3S/c15-12-8-4-5-9-14(12)20(18,19)16-10-13(17)11-6-2-1-3-7-11/h4-5,8-9,11,13,16-17H,1-3,6-7,10H2. The number of benzene rings is 1. The van der Waals surface area contributed by atoms with E-state index >= 15 is 0 Å². The molecule has 1 aromatic rings. The van der Waals surface area contributed by atoms with E-state index < -0.39 is 16.1 Å². The molecule has 112 valence electrons. The highest BCUT2D eigenvalue weighted by molar-refractivity contribution is 7.89. The quantitative estimate of drug-likeness (QED) is 0.877. The molecule has 2 N–H and O–H groups in total. The predicted molar refractivity (Wildman–Crippen MR) is 79.2 cm³/mol. The Hall–Kier alpha value is -0.620. The molecule has 4 nitrogen and oxygen atoms in total. The number of aliphatic hydroxyl groups excluding tert-OH is 1. The van der Waals surface area contributed by atoms with Crippen LogP contribution < -0.4 is 4.72 Å². The molecule has 0 heterocycles. The van der Waals surface area contributed by atoms with Crippen molar-refractivity contribution in [1.29, 1.82) is 0 Å². The highest BCUT2D eigenvalue weighted by Crippen LogP contribution is 2.26. The summed E-state index contributed by atoms with van der Waals surface area (Å²) >= 11 is 5.89. The lowest BCUT2D eigenvalue weighted by Crippen LogP contribution is -2.37. The molecule has 1 aliphatic rings. The van der Waals surface area contributed by atoms with Crippen molar-refractivity contribution in [1.82, 2.24) is 4.72 Å². The van der Waals surface area contributed by atoms with Crippen LogP contribution in [0.3, 0.4) is 0 Å². The van der Waals surface area contributed by atoms with E-state index in [2.05, 4.69) is 4.72 Å². The Labute approximate surface area is 125 Å². The van der Waals surface area contributed by atoms with Crippen molar-refractivity contribution in [3.8, 4) is 0 Å². The summed E-state index contributed by atoms with van der Waals surface area (Å²) in [6.45, 7) is 0.0399. The smallest absolute Gasteiger partial charge is 0.242 e. The molecule has 0 saturated heterocycles. The first-order chi connectivity index (χ1) is 9.50. The number of hydrogen-bond donors (Lipinski definition) is 2. The number of halogens is 1. The molecule has 0 radical (unpaired) electrons. The second kappa shape index (κ2) is 6.89. The van der Waals surface area contributed by atoms with E-state index in [1.165, 1.54) is 18.6 Å². The molecule has 20 heavy (non-hydrogen) atoms. The van der Waals surface area contributed by atoms with Crippen molar-refractivity contribution in [3.05, 3.63) is 29.3 Å². The minimum absolute atomic E-state index is 0.0399. The molecule has 6 heteroatoms. The van der Waals surface area contributed by atoms with Gasteiger partial charge in [-0.25, -0.2) is 13.1 Å². The van der Waals surface area contributed by atoms with Crippen LogP contribution in [0.15, 0.2) is 29.2 Å². The van der Waals surface area contributed by atoms with E-state index in [4.69, 9.17) is 11.6 Å². The largest absolute Gasteiger partial charge is 0.391 e. The molecule has 0 spiro atoms. The van der Waals surface area contributed by atoms with Gasteiger partial charge in [-0.1, -0.05) is 43.0 Å². The maximum absolute atomic E-state index is 12.1. The molecule has 0 amide bonds. The van der Waals surface area contributed by atoms with Crippen LogP contribution in [-0.4, -0.2) is 26.2 Å². The zero-order valence-electron chi connectivity index (χ0n) is 11.3. The summed E-state index contributed by atoms with van der Waals surface area (Å²) in [5, 5.41) is 10.3. The third kappa shape index (κ3) is 3.95. The highest BCUT2D eigenvalue weighted by Gasteiger charge is 2.24. The second-order valence-electron chi connectivity index (χ2n) is 5.25. The van der Waals surface area contributed by atoms with Crippen LogP contribution in [-0.2, 0) is 10.0 Å². The Morgan fingerprint density at radius 3 is 2.55 bits per heavy atom. The summed E-state index contributed by atoms with van der Waals surface area (Å²) in [4.78, 5) is 0.0533. The first kappa shape index (κ1) is 15.8. The van der Waals surface area contributed by atoms with Gasteiger partial charge < -0.3 is 5.11 Å². The van der Waals surface area contributed by atoms with Crippen LogP contribution in [0.25, 0.3) is 0 Å². The van der Waals surface area contributed by atoms with Gasteiger partial charge >= 0.3 is 0 Å². The van der Waals surface area contributed by atoms with E-state index in [0.717, 1.165) is 25.7 Å². The normalized spacial score (nSPS) is 18.9. The van der Waals surface area contributed by atoms with Gasteiger partial charge in [0.15, 0.2) is 0 Å². The Morgan fingerprint density at radius 2 is 1.90 bits per heavy atom. The molecule has 1 fully saturated rings. The topological polar surface area (TPSA) is 66.4 Å². The SMILES string of the molecule is O=S(=O)(NCC(O)C1CCCCC1)c1ccccc1Cl. The number of aliphatic hydroxyl groups is 1. The van der Waals surface area contributed by atoms with Gasteiger partial charge in [0.05, 0.1) is 11.1 Å². The van der Waals surface area contributed by atoms with Crippen molar-refractivity contribution in [2.24, 2.45) is 5.92 Å². The van der Waals surface area contributed by atoms with Gasteiger partial charge in [0.1, 0.15) is 4.90 Å². The number of sulfonamides is 1. The summed E-state index contributed by atoms with van der Waals surface area (Å²) in [5.41, 5.74) is 0. The lowest BCUT2D eigenvalue weighted by molar-refractivity contribution is 0.0888. The molecule has 1 aliphatic carbocycles. The Morgan fingerprint density at radius 1 is 1.25 bits per heavy atom. The van der Waals surface area contributed by atoms with E-state index in [1.54, 1.807) is 12.1 Å². The van der Waals surface area contributed by atoms with Crippen molar-refractivity contribution in [2.45, 2.75) is 43.1 Å². The highest BCUT2D eigenvalue weighted by atomic mass is 35.5. The van der Waals surface area contributed by atoms with E-state index in [0.29, 0.717) is 0 Å². The first-order valence-corrected chi connectivity index (χ1v) is 8.79. The van der Waals surface area contributed by atoms with Gasteiger partial charge in [0.2, 0.25) is 10.0 Å². The minimum atomic E-state index is -3.67. The van der Waals surface area contributed by atoms with Crippen LogP contribution in [0, 0.1) is 5.92 Å². The van der Waals surface area contributed by atoms with Crippen LogP contribution in [0.4, 0.5) is 0 Å². The molecular formula is C14H20ClNO3S. The van der Waals surface area contributed by atoms with Gasteiger partial charge in [-0.15, -0.1) is 0 Å². The van der Waals surface area contributed by atoms with E-state index in [1.807, 2.05) is 0 Å². The molecule has 1 aromatic carbocycles. The van der Waals surface area contributed by atoms with Crippen molar-refractivity contribution in [3.63, 3.8) is 0 Å². The molecule has 1 unspecified atom stereocenters. The zero-order valence-corrected chi connectivity index (χ0v) is 12.8. The molecule has 1 atom stereocenters. The minimum Gasteiger partial charge on any atom is -0.391 e. The van der Waals surface area contributed by atoms with Gasteiger partial charge in [-0.3, -0.25) is 0 Å². The van der Waals surface area contributed by atoms with Gasteiger partial charge in [-0.2, -0.15) is 0 Å². The fourth-order valence-corrected chi connectivity index (χ4v) is 4.19. The second-order valence-corrected chi connectivity index (χ2v) is 7.39. The summed E-state index contributed by atoms with van der Waals surface area (Å²) in [6, 6.07) is 6.29. The Kier molecular flexibility index (Phi) is 5.43. The lowest BCUT2D eigenvalue weighted by Gasteiger charge is -2.26. The third-order valence-electron chi connectivity index (χ3n) is 3.80. The molecule has 0 aliphatic heterocycles. The molecule has 0 bridgehead atoms. The molecule has 1 saturated carbocycles. The van der Waals surface area contributed by atoms with Gasteiger partial charge in [0.25, 0.3) is 0 Å². The maximum Gasteiger partial charge on any atom is 0.242 e. The van der Waals surface area contributed by atoms with Gasteiger partial charge in [0, 0.05) is 6.54 Å². The van der Waals surface area contributed by atoms with Gasteiger partial charge in [-0.05, 0) is 30.9 Å². The monoisotopic (exact) mass is 317 g/mol. The van der Waals surface area contributed by atoms with Crippen molar-refractivity contribution < 1.29 is 13.5 Å². The van der Waals surface area contributed by atoms with Crippen LogP contribution in [0.1, 0.15) is 32.1 Å². The first-order valence-electron chi connectivity index (χ1n) is 6.93. The predicted octanol–water partition coefficient (Wildman–Crippen LogP) is 2.56. The van der Waals surface area contributed by atoms with Crippen molar-refractivity contribution in [2.75, 3.05) is 6.54 Å². The van der Waals surface area contributed by atoms with Crippen molar-refractivity contribution >= 4 is 21.6 Å². The molecular weight excluding hydrogens is 298 g/mol. The number of hydrogen-bond acceptors (Lipinski definition) is 3. The lowest BCUT2D eigenvalue weighted by atomic mass is 9.85. The Bertz CT molecular complexity index is 541. The van der Waals surface area contributed by atoms with Crippen LogP contribution in [0.2, 0.25) is 5.02 Å². The zero-order chi connectivity index (χ0) is 14.6. The summed E-state index contributed by atoms with van der Waals surface area (Å²) in [5.74, 6) is 0.192. The molecule has 2 rings (SSSR count). The average molecular weight is 318 g/mol. The Balaban J connectivity index is 1.97. The maximum atomic E-state index is 12.1. The summed E-state index contributed by atoms with van der Waals surface area (Å²) < 4.78 is 26.7. The summed E-state index contributed by atoms with van der Waals surface area (Å²) in [7, 11) is -3.67. The van der Waals surface area contributed by atoms with Crippen LogP contribution >= 0.6 is 11.6 Å². The number of rotatable bonds is 5. The van der Waals surface area contributed by atoms with E-state index in [-0.39, 0.29) is 22.4 Å². The van der Waals surface area contributed by atoms with Crippen LogP contribution in [0.5, 0.6) is 0 Å². The number of nitrogens with one attached hydrogen (secondary N) is 1. The van der Waals surface area contributed by atoms with E-state index in [9.17, 15) is 13.5 Å². The fourth-order valence-electron chi connectivity index (χ4n) is 2.62. The molecule has 0 aromatic heterocycles. The summed E-state index contributed by atoms with van der Waals surface area (Å²) in [6.07, 6.45) is 4.73. The average Bonchev–Trinajstić information content (AvgIpc) is 2.46.